The average Bonchev–Trinajstić information content (AvgIpc) is 2.54. The van der Waals surface area contributed by atoms with Gasteiger partial charge < -0.3 is 14.5 Å². The SMILES string of the molecule is CCNc1nc2c(cc1C(=O)OC)c(=O)oc1ccccc12. The lowest BCUT2D eigenvalue weighted by Gasteiger charge is -2.10. The summed E-state index contributed by atoms with van der Waals surface area (Å²) in [5.74, 6) is -0.171. The lowest BCUT2D eigenvalue weighted by atomic mass is 10.1. The Kier molecular flexibility index (Phi) is 3.50. The molecule has 0 unspecified atom stereocenters. The number of nitrogens with one attached hydrogen (secondary N) is 1. The van der Waals surface area contributed by atoms with E-state index in [0.717, 1.165) is 0 Å². The van der Waals surface area contributed by atoms with Crippen molar-refractivity contribution in [1.82, 2.24) is 4.98 Å². The van der Waals surface area contributed by atoms with Gasteiger partial charge in [0.2, 0.25) is 0 Å². The molecule has 0 radical (unpaired) electrons. The molecule has 1 N–H and O–H groups in total. The molecule has 2 aromatic heterocycles. The first-order chi connectivity index (χ1) is 10.7. The minimum atomic E-state index is -0.557. The lowest BCUT2D eigenvalue weighted by molar-refractivity contribution is 0.0601. The summed E-state index contributed by atoms with van der Waals surface area (Å²) in [7, 11) is 1.28. The molecule has 22 heavy (non-hydrogen) atoms. The second-order valence-electron chi connectivity index (χ2n) is 4.69. The molecule has 0 aliphatic heterocycles. The van der Waals surface area contributed by atoms with Crippen molar-refractivity contribution < 1.29 is 13.9 Å². The van der Waals surface area contributed by atoms with E-state index in [-0.39, 0.29) is 10.9 Å². The molecule has 6 heteroatoms. The number of hydrogen-bond donors (Lipinski definition) is 1. The zero-order valence-corrected chi connectivity index (χ0v) is 12.2. The first-order valence-electron chi connectivity index (χ1n) is 6.84. The van der Waals surface area contributed by atoms with E-state index in [2.05, 4.69) is 10.3 Å². The maximum absolute atomic E-state index is 12.1. The van der Waals surface area contributed by atoms with Crippen LogP contribution in [0.15, 0.2) is 39.5 Å². The van der Waals surface area contributed by atoms with E-state index in [1.54, 1.807) is 12.1 Å². The van der Waals surface area contributed by atoms with Crippen LogP contribution in [0.3, 0.4) is 0 Å². The largest absolute Gasteiger partial charge is 0.465 e. The van der Waals surface area contributed by atoms with Crippen LogP contribution in [0.1, 0.15) is 17.3 Å². The van der Waals surface area contributed by atoms with Crippen molar-refractivity contribution in [3.8, 4) is 0 Å². The highest BCUT2D eigenvalue weighted by atomic mass is 16.5. The van der Waals surface area contributed by atoms with E-state index in [9.17, 15) is 9.59 Å². The van der Waals surface area contributed by atoms with Crippen molar-refractivity contribution in [2.75, 3.05) is 19.0 Å². The van der Waals surface area contributed by atoms with E-state index in [0.29, 0.717) is 28.8 Å². The third-order valence-corrected chi connectivity index (χ3v) is 3.34. The smallest absolute Gasteiger partial charge is 0.345 e. The molecule has 0 aliphatic rings. The summed E-state index contributed by atoms with van der Waals surface area (Å²) in [5, 5.41) is 3.99. The van der Waals surface area contributed by atoms with Crippen LogP contribution in [0.25, 0.3) is 21.9 Å². The molecule has 0 amide bonds. The zero-order chi connectivity index (χ0) is 15.7. The quantitative estimate of drug-likeness (QED) is 0.454. The Morgan fingerprint density at radius 2 is 2.09 bits per heavy atom. The Balaban J connectivity index is 2.43. The number of methoxy groups -OCH3 is 1. The maximum Gasteiger partial charge on any atom is 0.345 e. The molecule has 0 aliphatic carbocycles. The van der Waals surface area contributed by atoms with Crippen molar-refractivity contribution in [2.45, 2.75) is 6.92 Å². The van der Waals surface area contributed by atoms with E-state index in [4.69, 9.17) is 9.15 Å². The minimum absolute atomic E-state index is 0.208. The first kappa shape index (κ1) is 14.1. The predicted octanol–water partition coefficient (Wildman–Crippen LogP) is 2.56. The molecule has 0 atom stereocenters. The van der Waals surface area contributed by atoms with Gasteiger partial charge >= 0.3 is 11.6 Å². The number of rotatable bonds is 3. The molecular formula is C16H14N2O4. The second-order valence-corrected chi connectivity index (χ2v) is 4.69. The van der Waals surface area contributed by atoms with Gasteiger partial charge in [0.05, 0.1) is 18.0 Å². The number of fused-ring (bicyclic) bond motifs is 3. The van der Waals surface area contributed by atoms with Gasteiger partial charge in [-0.15, -0.1) is 0 Å². The Labute approximate surface area is 125 Å². The minimum Gasteiger partial charge on any atom is -0.465 e. The highest BCUT2D eigenvalue weighted by Crippen LogP contribution is 2.25. The molecule has 0 saturated carbocycles. The summed E-state index contributed by atoms with van der Waals surface area (Å²) in [4.78, 5) is 28.5. The molecule has 1 aromatic carbocycles. The molecule has 0 bridgehead atoms. The van der Waals surface area contributed by atoms with Gasteiger partial charge in [-0.25, -0.2) is 14.6 Å². The van der Waals surface area contributed by atoms with Crippen LogP contribution in [0.2, 0.25) is 0 Å². The molecule has 112 valence electrons. The molecule has 6 nitrogen and oxygen atoms in total. The second kappa shape index (κ2) is 5.48. The van der Waals surface area contributed by atoms with E-state index in [1.165, 1.54) is 13.2 Å². The molecule has 0 fully saturated rings. The Bertz CT molecular complexity index is 930. The number of carbonyl (C=O) groups is 1. The summed E-state index contributed by atoms with van der Waals surface area (Å²) >= 11 is 0. The van der Waals surface area contributed by atoms with Crippen molar-refractivity contribution in [3.05, 3.63) is 46.3 Å². The maximum atomic E-state index is 12.1. The fraction of sp³-hybridized carbons (Fsp3) is 0.188. The fourth-order valence-electron chi connectivity index (χ4n) is 2.35. The van der Waals surface area contributed by atoms with Gasteiger partial charge in [0.1, 0.15) is 17.0 Å². The van der Waals surface area contributed by atoms with Crippen molar-refractivity contribution in [2.24, 2.45) is 0 Å². The molecular weight excluding hydrogens is 284 g/mol. The van der Waals surface area contributed by atoms with Gasteiger partial charge in [-0.1, -0.05) is 12.1 Å². The molecule has 0 spiro atoms. The standard InChI is InChI=1S/C16H14N2O4/c1-3-17-14-11(15(19)21-2)8-10-13(18-14)9-6-4-5-7-12(9)22-16(10)20/h4-8H,3H2,1-2H3,(H,17,18). The van der Waals surface area contributed by atoms with Crippen LogP contribution in [0.4, 0.5) is 5.82 Å². The van der Waals surface area contributed by atoms with Gasteiger partial charge in [-0.2, -0.15) is 0 Å². The van der Waals surface area contributed by atoms with Gasteiger partial charge in [0, 0.05) is 11.9 Å². The topological polar surface area (TPSA) is 81.4 Å². The van der Waals surface area contributed by atoms with E-state index < -0.39 is 11.6 Å². The Morgan fingerprint density at radius 1 is 1.32 bits per heavy atom. The van der Waals surface area contributed by atoms with Crippen LogP contribution in [-0.4, -0.2) is 24.6 Å². The summed E-state index contributed by atoms with van der Waals surface area (Å²) in [6, 6.07) is 8.61. The van der Waals surface area contributed by atoms with Crippen LogP contribution >= 0.6 is 0 Å². The van der Waals surface area contributed by atoms with Gasteiger partial charge in [0.25, 0.3) is 0 Å². The third-order valence-electron chi connectivity index (χ3n) is 3.34. The summed E-state index contributed by atoms with van der Waals surface area (Å²) in [6.07, 6.45) is 0. The van der Waals surface area contributed by atoms with Gasteiger partial charge in [-0.05, 0) is 25.1 Å². The Morgan fingerprint density at radius 3 is 2.82 bits per heavy atom. The van der Waals surface area contributed by atoms with E-state index in [1.807, 2.05) is 19.1 Å². The molecule has 3 aromatic rings. The lowest BCUT2D eigenvalue weighted by Crippen LogP contribution is -2.12. The van der Waals surface area contributed by atoms with Crippen LogP contribution in [0.5, 0.6) is 0 Å². The van der Waals surface area contributed by atoms with E-state index >= 15 is 0 Å². The number of para-hydroxylation sites is 1. The van der Waals surface area contributed by atoms with Gasteiger partial charge in [0.15, 0.2) is 0 Å². The van der Waals surface area contributed by atoms with Crippen LogP contribution in [-0.2, 0) is 4.74 Å². The number of carbonyl (C=O) groups excluding carboxylic acids is 1. The third kappa shape index (κ3) is 2.18. The molecule has 3 rings (SSSR count). The number of nitrogens with zero attached hydrogens (tertiary/aromatic N) is 1. The van der Waals surface area contributed by atoms with Crippen molar-refractivity contribution >= 4 is 33.7 Å². The van der Waals surface area contributed by atoms with Crippen LogP contribution in [0, 0.1) is 0 Å². The monoisotopic (exact) mass is 298 g/mol. The summed E-state index contributed by atoms with van der Waals surface area (Å²) in [6.45, 7) is 2.48. The number of esters is 1. The fourth-order valence-corrected chi connectivity index (χ4v) is 2.35. The summed E-state index contributed by atoms with van der Waals surface area (Å²) < 4.78 is 10.0. The predicted molar refractivity (Wildman–Crippen MR) is 83.3 cm³/mol. The summed E-state index contributed by atoms with van der Waals surface area (Å²) in [5.41, 5.74) is 0.630. The molecule has 0 saturated heterocycles. The number of aromatic nitrogens is 1. The number of hydrogen-bond acceptors (Lipinski definition) is 6. The highest BCUT2D eigenvalue weighted by Gasteiger charge is 2.18. The number of benzene rings is 1. The number of ether oxygens (including phenoxy) is 1. The highest BCUT2D eigenvalue weighted by molar-refractivity contribution is 6.06. The van der Waals surface area contributed by atoms with Crippen LogP contribution < -0.4 is 10.9 Å². The average molecular weight is 298 g/mol. The number of pyridine rings is 1. The number of anilines is 1. The normalized spacial score (nSPS) is 10.8. The van der Waals surface area contributed by atoms with Gasteiger partial charge in [-0.3, -0.25) is 0 Å². The van der Waals surface area contributed by atoms with Crippen molar-refractivity contribution in [1.29, 1.82) is 0 Å². The molecule has 2 heterocycles. The first-order valence-corrected chi connectivity index (χ1v) is 6.84. The Hall–Kier alpha value is -2.89. The zero-order valence-electron chi connectivity index (χ0n) is 12.2. The van der Waals surface area contributed by atoms with Crippen molar-refractivity contribution in [3.63, 3.8) is 0 Å².